The molecule has 0 atom stereocenters. The molecule has 0 heterocycles. The molecule has 0 saturated carbocycles. The van der Waals surface area contributed by atoms with Crippen LogP contribution >= 0.6 is 0 Å². The van der Waals surface area contributed by atoms with E-state index in [2.05, 4.69) is 5.32 Å². The summed E-state index contributed by atoms with van der Waals surface area (Å²) in [6.07, 6.45) is 0. The van der Waals surface area contributed by atoms with Crippen LogP contribution in [0.15, 0.2) is 48.5 Å². The van der Waals surface area contributed by atoms with Crippen molar-refractivity contribution in [2.45, 2.75) is 0 Å². The summed E-state index contributed by atoms with van der Waals surface area (Å²) in [4.78, 5) is 12.0. The maximum atomic E-state index is 12.8. The van der Waals surface area contributed by atoms with Crippen LogP contribution in [0.2, 0.25) is 0 Å². The minimum absolute atomic E-state index is 0.0945. The fourth-order valence-electron chi connectivity index (χ4n) is 1.59. The predicted octanol–water partition coefficient (Wildman–Crippen LogP) is 2.26. The molecule has 1 N–H and O–H groups in total. The van der Waals surface area contributed by atoms with Crippen molar-refractivity contribution >= 4 is 21.9 Å². The summed E-state index contributed by atoms with van der Waals surface area (Å²) >= 11 is 0. The average molecular weight is 338 g/mol. The number of hydrogen-bond donors (Lipinski definition) is 1. The molecule has 0 aliphatic heterocycles. The van der Waals surface area contributed by atoms with Crippen molar-refractivity contribution in [3.63, 3.8) is 0 Å². The second-order valence-corrected chi connectivity index (χ2v) is 6.56. The van der Waals surface area contributed by atoms with E-state index in [0.29, 0.717) is 11.3 Å². The van der Waals surface area contributed by atoms with Gasteiger partial charge in [-0.05, 0) is 48.5 Å². The van der Waals surface area contributed by atoms with E-state index in [0.717, 1.165) is 4.31 Å². The minimum atomic E-state index is -3.84. The number of anilines is 1. The number of benzene rings is 2. The molecule has 23 heavy (non-hydrogen) atoms. The highest BCUT2D eigenvalue weighted by molar-refractivity contribution is 7.84. The summed E-state index contributed by atoms with van der Waals surface area (Å²) in [5, 5.41) is 2.60. The molecule has 2 rings (SSSR count). The first kappa shape index (κ1) is 16.9. The van der Waals surface area contributed by atoms with Crippen LogP contribution in [0.1, 0.15) is 10.4 Å². The van der Waals surface area contributed by atoms with E-state index in [-0.39, 0.29) is 5.75 Å². The van der Waals surface area contributed by atoms with E-state index in [4.69, 9.17) is 4.18 Å². The van der Waals surface area contributed by atoms with E-state index >= 15 is 0 Å². The monoisotopic (exact) mass is 338 g/mol. The highest BCUT2D eigenvalue weighted by Crippen LogP contribution is 2.17. The molecule has 0 radical (unpaired) electrons. The fraction of sp³-hybridized carbons (Fsp3) is 0.133. The van der Waals surface area contributed by atoms with E-state index in [1.807, 2.05) is 0 Å². The van der Waals surface area contributed by atoms with Crippen molar-refractivity contribution in [2.75, 3.05) is 19.4 Å². The van der Waals surface area contributed by atoms with Gasteiger partial charge in [0.1, 0.15) is 11.6 Å². The third-order valence-electron chi connectivity index (χ3n) is 2.87. The first-order valence-corrected chi connectivity index (χ1v) is 7.93. The molecule has 0 saturated heterocycles. The van der Waals surface area contributed by atoms with Gasteiger partial charge in [0.25, 0.3) is 5.91 Å². The van der Waals surface area contributed by atoms with Gasteiger partial charge < -0.3 is 9.50 Å². The zero-order valence-electron chi connectivity index (χ0n) is 12.5. The molecule has 0 bridgehead atoms. The summed E-state index contributed by atoms with van der Waals surface area (Å²) in [5.74, 6) is -0.706. The first-order chi connectivity index (χ1) is 10.8. The number of nitrogens with one attached hydrogen (secondary N) is 1. The molecule has 0 unspecified atom stereocenters. The van der Waals surface area contributed by atoms with Gasteiger partial charge in [-0.2, -0.15) is 12.7 Å². The van der Waals surface area contributed by atoms with Gasteiger partial charge in [-0.15, -0.1) is 0 Å². The van der Waals surface area contributed by atoms with Gasteiger partial charge in [-0.25, -0.2) is 4.39 Å². The zero-order valence-corrected chi connectivity index (χ0v) is 13.3. The molecule has 0 aromatic heterocycles. The minimum Gasteiger partial charge on any atom is -0.371 e. The van der Waals surface area contributed by atoms with Crippen LogP contribution < -0.4 is 9.50 Å². The molecule has 0 aliphatic carbocycles. The third-order valence-corrected chi connectivity index (χ3v) is 4.16. The number of rotatable bonds is 5. The number of nitrogens with zero attached hydrogens (tertiary/aromatic N) is 1. The van der Waals surface area contributed by atoms with Gasteiger partial charge in [-0.3, -0.25) is 4.79 Å². The van der Waals surface area contributed by atoms with Crippen LogP contribution in [-0.2, 0) is 10.3 Å². The summed E-state index contributed by atoms with van der Waals surface area (Å²) in [5.41, 5.74) is 0.760. The molecule has 0 spiro atoms. The molecule has 2 aromatic rings. The van der Waals surface area contributed by atoms with E-state index < -0.39 is 22.0 Å². The normalized spacial score (nSPS) is 11.3. The van der Waals surface area contributed by atoms with Crippen LogP contribution in [-0.4, -0.2) is 32.7 Å². The van der Waals surface area contributed by atoms with Gasteiger partial charge in [0.2, 0.25) is 0 Å². The SMILES string of the molecule is CN(C)S(=O)(=O)Oc1ccc(C(=O)Nc2ccc(F)cc2)cc1. The highest BCUT2D eigenvalue weighted by Gasteiger charge is 2.16. The van der Waals surface area contributed by atoms with Crippen LogP contribution in [0, 0.1) is 5.82 Å². The van der Waals surface area contributed by atoms with Crippen molar-refractivity contribution in [3.05, 3.63) is 59.9 Å². The van der Waals surface area contributed by atoms with E-state index in [1.54, 1.807) is 0 Å². The topological polar surface area (TPSA) is 75.7 Å². The Balaban J connectivity index is 2.07. The van der Waals surface area contributed by atoms with Crippen LogP contribution in [0.5, 0.6) is 5.75 Å². The predicted molar refractivity (Wildman–Crippen MR) is 84.0 cm³/mol. The standard InChI is InChI=1S/C15H15FN2O4S/c1-18(2)23(20,21)22-14-9-3-11(4-10-14)15(19)17-13-7-5-12(16)6-8-13/h3-10H,1-2H3,(H,17,19). The zero-order chi connectivity index (χ0) is 17.0. The van der Waals surface area contributed by atoms with Gasteiger partial charge in [0.05, 0.1) is 0 Å². The lowest BCUT2D eigenvalue weighted by molar-refractivity contribution is 0.102. The quantitative estimate of drug-likeness (QED) is 0.907. The van der Waals surface area contributed by atoms with Crippen molar-refractivity contribution in [1.29, 1.82) is 0 Å². The lowest BCUT2D eigenvalue weighted by Gasteiger charge is -2.12. The Morgan fingerprint density at radius 1 is 1.04 bits per heavy atom. The molecule has 2 aromatic carbocycles. The average Bonchev–Trinajstić information content (AvgIpc) is 2.49. The van der Waals surface area contributed by atoms with E-state index in [1.165, 1.54) is 62.6 Å². The van der Waals surface area contributed by atoms with Crippen molar-refractivity contribution in [1.82, 2.24) is 4.31 Å². The summed E-state index contributed by atoms with van der Waals surface area (Å²) in [7, 11) is -1.15. The molecule has 6 nitrogen and oxygen atoms in total. The summed E-state index contributed by atoms with van der Waals surface area (Å²) in [6.45, 7) is 0. The Labute approximate surface area is 133 Å². The fourth-order valence-corrected chi connectivity index (χ4v) is 2.10. The second kappa shape index (κ2) is 6.76. The van der Waals surface area contributed by atoms with Gasteiger partial charge in [-0.1, -0.05) is 0 Å². The van der Waals surface area contributed by atoms with Crippen LogP contribution in [0.25, 0.3) is 0 Å². The largest absolute Gasteiger partial charge is 0.384 e. The molecular weight excluding hydrogens is 323 g/mol. The van der Waals surface area contributed by atoms with Crippen LogP contribution in [0.3, 0.4) is 0 Å². The number of hydrogen-bond acceptors (Lipinski definition) is 4. The second-order valence-electron chi connectivity index (χ2n) is 4.81. The third kappa shape index (κ3) is 4.51. The lowest BCUT2D eigenvalue weighted by Crippen LogP contribution is -2.27. The molecule has 0 fully saturated rings. The summed E-state index contributed by atoms with van der Waals surface area (Å²) in [6, 6.07) is 11.0. The molecular formula is C15H15FN2O4S. The van der Waals surface area contributed by atoms with Crippen molar-refractivity contribution < 1.29 is 21.8 Å². The Bertz CT molecular complexity index is 787. The Morgan fingerprint density at radius 3 is 2.13 bits per heavy atom. The number of amides is 1. The Kier molecular flexibility index (Phi) is 4.97. The molecule has 8 heteroatoms. The maximum Gasteiger partial charge on any atom is 0.384 e. The number of carbonyl (C=O) groups is 1. The first-order valence-electron chi connectivity index (χ1n) is 6.57. The van der Waals surface area contributed by atoms with Crippen molar-refractivity contribution in [3.8, 4) is 5.75 Å². The molecule has 122 valence electrons. The van der Waals surface area contributed by atoms with E-state index in [9.17, 15) is 17.6 Å². The summed E-state index contributed by atoms with van der Waals surface area (Å²) < 4.78 is 41.8. The molecule has 1 amide bonds. The lowest BCUT2D eigenvalue weighted by atomic mass is 10.2. The number of carbonyl (C=O) groups excluding carboxylic acids is 1. The van der Waals surface area contributed by atoms with Gasteiger partial charge >= 0.3 is 10.3 Å². The Morgan fingerprint density at radius 2 is 1.61 bits per heavy atom. The van der Waals surface area contributed by atoms with Crippen molar-refractivity contribution in [2.24, 2.45) is 0 Å². The maximum absolute atomic E-state index is 12.8. The Hall–Kier alpha value is -2.45. The van der Waals surface area contributed by atoms with Gasteiger partial charge in [0.15, 0.2) is 0 Å². The molecule has 0 aliphatic rings. The number of halogens is 1. The van der Waals surface area contributed by atoms with Gasteiger partial charge in [0, 0.05) is 25.3 Å². The highest BCUT2D eigenvalue weighted by atomic mass is 32.2. The van der Waals surface area contributed by atoms with Crippen LogP contribution in [0.4, 0.5) is 10.1 Å². The smallest absolute Gasteiger partial charge is 0.371 e.